The highest BCUT2D eigenvalue weighted by molar-refractivity contribution is 6.55. The van der Waals surface area contributed by atoms with E-state index in [4.69, 9.17) is 9.31 Å². The summed E-state index contributed by atoms with van der Waals surface area (Å²) in [6.07, 6.45) is -1.49. The fraction of sp³-hybridized carbons (Fsp3) is 0.412. The van der Waals surface area contributed by atoms with Gasteiger partial charge in [-0.3, -0.25) is 0 Å². The molecular formula is C17H18BF4N3O2. The predicted molar refractivity (Wildman–Crippen MR) is 91.5 cm³/mol. The molecule has 10 heteroatoms. The first-order valence-electron chi connectivity index (χ1n) is 8.21. The number of aromatic nitrogens is 3. The lowest BCUT2D eigenvalue weighted by molar-refractivity contribution is -0.0699. The van der Waals surface area contributed by atoms with Gasteiger partial charge in [0.2, 0.25) is 0 Å². The Hall–Kier alpha value is -2.20. The molecule has 27 heavy (non-hydrogen) atoms. The molecule has 0 bridgehead atoms. The number of nitrogens with zero attached hydrogens (tertiary/aromatic N) is 3. The summed E-state index contributed by atoms with van der Waals surface area (Å²) >= 11 is 0. The molecule has 1 aliphatic rings. The van der Waals surface area contributed by atoms with Crippen LogP contribution in [0.1, 0.15) is 33.3 Å². The summed E-state index contributed by atoms with van der Waals surface area (Å²) in [7, 11) is -1.76. The molecule has 2 aromatic heterocycles. The van der Waals surface area contributed by atoms with Gasteiger partial charge in [0.25, 0.3) is 0 Å². The van der Waals surface area contributed by atoms with Crippen LogP contribution in [0.25, 0.3) is 11.4 Å². The van der Waals surface area contributed by atoms with Crippen molar-refractivity contribution in [2.24, 2.45) is 0 Å². The van der Waals surface area contributed by atoms with Gasteiger partial charge in [0, 0.05) is 18.0 Å². The van der Waals surface area contributed by atoms with Crippen molar-refractivity contribution in [1.82, 2.24) is 14.8 Å². The van der Waals surface area contributed by atoms with Crippen molar-refractivity contribution in [1.29, 1.82) is 0 Å². The lowest BCUT2D eigenvalue weighted by Gasteiger charge is -2.32. The maximum Gasteiger partial charge on any atom is 0.525 e. The average molecular weight is 383 g/mol. The van der Waals surface area contributed by atoms with Crippen LogP contribution in [-0.2, 0) is 9.31 Å². The van der Waals surface area contributed by atoms with Crippen LogP contribution < -0.4 is 0 Å². The maximum atomic E-state index is 14.9. The first-order chi connectivity index (χ1) is 12.4. The van der Waals surface area contributed by atoms with Crippen LogP contribution in [0.4, 0.5) is 17.6 Å². The molecular weight excluding hydrogens is 365 g/mol. The first kappa shape index (κ1) is 19.6. The van der Waals surface area contributed by atoms with Gasteiger partial charge < -0.3 is 9.31 Å². The Morgan fingerprint density at radius 3 is 2.26 bits per heavy atom. The number of allylic oxidation sites excluding steroid dienone is 1. The van der Waals surface area contributed by atoms with Gasteiger partial charge in [0.1, 0.15) is 5.73 Å². The van der Waals surface area contributed by atoms with Gasteiger partial charge in [0.05, 0.1) is 23.0 Å². The van der Waals surface area contributed by atoms with E-state index in [0.29, 0.717) is 5.82 Å². The fourth-order valence-electron chi connectivity index (χ4n) is 2.57. The van der Waals surface area contributed by atoms with Crippen LogP contribution in [0.3, 0.4) is 0 Å². The topological polar surface area (TPSA) is 49.2 Å². The molecule has 5 nitrogen and oxygen atoms in total. The molecule has 0 aromatic carbocycles. The van der Waals surface area contributed by atoms with E-state index in [1.165, 1.54) is 6.20 Å². The van der Waals surface area contributed by atoms with Crippen molar-refractivity contribution in [3.63, 3.8) is 0 Å². The number of hydrogen-bond acceptors (Lipinski definition) is 4. The normalized spacial score (nSPS) is 19.9. The summed E-state index contributed by atoms with van der Waals surface area (Å²) in [4.78, 5) is 4.00. The fourth-order valence-corrected chi connectivity index (χ4v) is 2.57. The minimum atomic E-state index is -4.97. The van der Waals surface area contributed by atoms with E-state index in [0.717, 1.165) is 17.1 Å². The van der Waals surface area contributed by atoms with Crippen molar-refractivity contribution in [2.75, 3.05) is 0 Å². The first-order valence-corrected chi connectivity index (χ1v) is 8.21. The molecule has 0 aliphatic carbocycles. The SMILES string of the molecule is CC1(C)OB(C(F)=C(c2cnn(-c3ccccn3)c2)C(F)(F)F)OC1(C)C. The molecule has 3 rings (SSSR count). The van der Waals surface area contributed by atoms with Gasteiger partial charge in [-0.25, -0.2) is 14.1 Å². The summed E-state index contributed by atoms with van der Waals surface area (Å²) in [6.45, 7) is 6.53. The van der Waals surface area contributed by atoms with Gasteiger partial charge in [-0.2, -0.15) is 18.3 Å². The van der Waals surface area contributed by atoms with Crippen LogP contribution in [0.2, 0.25) is 0 Å². The van der Waals surface area contributed by atoms with Crippen LogP contribution in [0.15, 0.2) is 42.5 Å². The zero-order chi connectivity index (χ0) is 20.0. The van der Waals surface area contributed by atoms with Crippen molar-refractivity contribution in [3.8, 4) is 5.82 Å². The molecule has 0 saturated carbocycles. The Morgan fingerprint density at radius 2 is 1.74 bits per heavy atom. The highest BCUT2D eigenvalue weighted by atomic mass is 19.4. The third-order valence-corrected chi connectivity index (χ3v) is 4.74. The molecule has 0 spiro atoms. The second kappa shape index (κ2) is 6.45. The zero-order valence-electron chi connectivity index (χ0n) is 15.2. The van der Waals surface area contributed by atoms with E-state index in [-0.39, 0.29) is 0 Å². The molecule has 2 aromatic rings. The third-order valence-electron chi connectivity index (χ3n) is 4.74. The summed E-state index contributed by atoms with van der Waals surface area (Å²) in [5.74, 6) is 0.307. The standard InChI is InChI=1S/C17H18BF4N3O2/c1-15(2)16(3,4)27-18(26-15)14(19)13(17(20,21)22)11-9-24-25(10-11)12-7-5-6-8-23-12/h5-10H,1-4H3. The Bertz CT molecular complexity index is 847. The summed E-state index contributed by atoms with van der Waals surface area (Å²) in [6, 6.07) is 4.89. The Morgan fingerprint density at radius 1 is 1.11 bits per heavy atom. The van der Waals surface area contributed by atoms with Crippen LogP contribution in [0.5, 0.6) is 0 Å². The number of hydrogen-bond donors (Lipinski definition) is 0. The Balaban J connectivity index is 2.03. The molecule has 1 saturated heterocycles. The zero-order valence-corrected chi connectivity index (χ0v) is 15.2. The average Bonchev–Trinajstić information content (AvgIpc) is 3.10. The van der Waals surface area contributed by atoms with Gasteiger partial charge in [0.15, 0.2) is 5.82 Å². The van der Waals surface area contributed by atoms with Crippen LogP contribution in [0, 0.1) is 0 Å². The molecule has 1 fully saturated rings. The van der Waals surface area contributed by atoms with Crippen LogP contribution in [-0.4, -0.2) is 39.3 Å². The third kappa shape index (κ3) is 3.63. The maximum absolute atomic E-state index is 14.9. The molecule has 1 aliphatic heterocycles. The van der Waals surface area contributed by atoms with E-state index in [1.807, 2.05) is 0 Å². The number of pyridine rings is 1. The molecule has 0 radical (unpaired) electrons. The molecule has 0 amide bonds. The van der Waals surface area contributed by atoms with Gasteiger partial charge in [-0.1, -0.05) is 6.07 Å². The van der Waals surface area contributed by atoms with Gasteiger partial charge in [-0.15, -0.1) is 0 Å². The van der Waals surface area contributed by atoms with Gasteiger partial charge >= 0.3 is 13.3 Å². The van der Waals surface area contributed by atoms with E-state index >= 15 is 0 Å². The highest BCUT2D eigenvalue weighted by Gasteiger charge is 2.55. The number of alkyl halides is 3. The minimum absolute atomic E-state index is 0.307. The Labute approximate surface area is 154 Å². The summed E-state index contributed by atoms with van der Waals surface area (Å²) < 4.78 is 67.8. The van der Waals surface area contributed by atoms with Crippen molar-refractivity contribution in [2.45, 2.75) is 45.1 Å². The second-order valence-corrected chi connectivity index (χ2v) is 7.17. The second-order valence-electron chi connectivity index (χ2n) is 7.17. The van der Waals surface area contributed by atoms with E-state index in [1.54, 1.807) is 45.9 Å². The quantitative estimate of drug-likeness (QED) is 0.591. The summed E-state index contributed by atoms with van der Waals surface area (Å²) in [5, 5.41) is 3.86. The van der Waals surface area contributed by atoms with Crippen molar-refractivity contribution >= 4 is 12.7 Å². The molecule has 0 unspecified atom stereocenters. The molecule has 0 atom stereocenters. The Kier molecular flexibility index (Phi) is 4.67. The predicted octanol–water partition coefficient (Wildman–Crippen LogP) is 4.14. The molecule has 144 valence electrons. The van der Waals surface area contributed by atoms with Crippen molar-refractivity contribution in [3.05, 3.63) is 48.1 Å². The summed E-state index contributed by atoms with van der Waals surface area (Å²) in [5.41, 5.74) is -5.40. The van der Waals surface area contributed by atoms with Gasteiger partial charge in [-0.05, 0) is 39.8 Å². The van der Waals surface area contributed by atoms with E-state index in [2.05, 4.69) is 10.1 Å². The molecule has 3 heterocycles. The lowest BCUT2D eigenvalue weighted by atomic mass is 9.83. The van der Waals surface area contributed by atoms with Crippen molar-refractivity contribution < 1.29 is 26.9 Å². The van der Waals surface area contributed by atoms with Crippen LogP contribution >= 0.6 is 0 Å². The minimum Gasteiger partial charge on any atom is -0.398 e. The lowest BCUT2D eigenvalue weighted by Crippen LogP contribution is -2.41. The molecule has 0 N–H and O–H groups in total. The highest BCUT2D eigenvalue weighted by Crippen LogP contribution is 2.43. The number of halogens is 4. The monoisotopic (exact) mass is 383 g/mol. The van der Waals surface area contributed by atoms with E-state index < -0.39 is 41.4 Å². The largest absolute Gasteiger partial charge is 0.525 e. The smallest absolute Gasteiger partial charge is 0.398 e. The van der Waals surface area contributed by atoms with E-state index in [9.17, 15) is 17.6 Å². The number of rotatable bonds is 3.